The molecule has 4 rings (SSSR count). The van der Waals surface area contributed by atoms with Gasteiger partial charge in [-0.3, -0.25) is 14.5 Å². The number of amides is 2. The van der Waals surface area contributed by atoms with Crippen LogP contribution < -0.4 is 0 Å². The van der Waals surface area contributed by atoms with Crippen molar-refractivity contribution in [3.8, 4) is 0 Å². The Balaban J connectivity index is 1.34. The second kappa shape index (κ2) is 7.06. The van der Waals surface area contributed by atoms with Crippen molar-refractivity contribution in [2.24, 2.45) is 16.7 Å². The maximum Gasteiger partial charge on any atom is 0.239 e. The number of fused-ring (bicyclic) bond motifs is 2. The third kappa shape index (κ3) is 3.10. The molecule has 0 radical (unpaired) electrons. The molecule has 152 valence electrons. The summed E-state index contributed by atoms with van der Waals surface area (Å²) in [7, 11) is 0. The van der Waals surface area contributed by atoms with Crippen LogP contribution in [0.4, 0.5) is 0 Å². The van der Waals surface area contributed by atoms with Crippen LogP contribution in [0.5, 0.6) is 0 Å². The van der Waals surface area contributed by atoms with Crippen LogP contribution in [0.3, 0.4) is 0 Å². The summed E-state index contributed by atoms with van der Waals surface area (Å²) in [6.45, 7) is 11.7. The molecule has 2 bridgehead atoms. The number of carbonyl (C=O) groups excluding carboxylic acids is 2. The van der Waals surface area contributed by atoms with Gasteiger partial charge in [0.1, 0.15) is 0 Å². The molecule has 0 aromatic rings. The fourth-order valence-corrected chi connectivity index (χ4v) is 6.58. The SMILES string of the molecule is CCC(C(=O)N1CC2(CCN(C(=O)C34CCC(CC3)C4)C2)C1)N(CC)CC. The van der Waals surface area contributed by atoms with Crippen molar-refractivity contribution in [1.29, 1.82) is 0 Å². The number of carbonyl (C=O) groups is 2. The summed E-state index contributed by atoms with van der Waals surface area (Å²) >= 11 is 0. The van der Waals surface area contributed by atoms with Crippen LogP contribution >= 0.6 is 0 Å². The van der Waals surface area contributed by atoms with Crippen LogP contribution in [-0.2, 0) is 9.59 Å². The van der Waals surface area contributed by atoms with Crippen molar-refractivity contribution in [2.45, 2.75) is 71.8 Å². The van der Waals surface area contributed by atoms with Crippen LogP contribution in [0.25, 0.3) is 0 Å². The molecule has 1 spiro atoms. The highest BCUT2D eigenvalue weighted by Gasteiger charge is 2.56. The molecule has 2 saturated carbocycles. The molecule has 1 unspecified atom stereocenters. The van der Waals surface area contributed by atoms with Gasteiger partial charge in [0.15, 0.2) is 0 Å². The highest BCUT2D eigenvalue weighted by molar-refractivity contribution is 5.85. The van der Waals surface area contributed by atoms with Crippen molar-refractivity contribution in [3.63, 3.8) is 0 Å². The number of likely N-dealkylation sites (N-methyl/N-ethyl adjacent to an activating group) is 1. The molecule has 2 saturated heterocycles. The quantitative estimate of drug-likeness (QED) is 0.717. The fourth-order valence-electron chi connectivity index (χ4n) is 6.58. The first kappa shape index (κ1) is 19.2. The van der Waals surface area contributed by atoms with Crippen LogP contribution in [0.1, 0.15) is 65.7 Å². The standard InChI is InChI=1S/C22H37N3O2/c1-4-18(23(5-2)6-3)19(26)25-15-21(16-25)11-12-24(14-21)20(27)22-9-7-17(13-22)8-10-22/h17-18H,4-16H2,1-3H3. The van der Waals surface area contributed by atoms with Crippen LogP contribution in [0, 0.1) is 16.7 Å². The van der Waals surface area contributed by atoms with Gasteiger partial charge in [-0.15, -0.1) is 0 Å². The molecule has 27 heavy (non-hydrogen) atoms. The maximum absolute atomic E-state index is 13.2. The Hall–Kier alpha value is -1.10. The molecule has 2 amide bonds. The Bertz CT molecular complexity index is 586. The zero-order chi connectivity index (χ0) is 19.2. The highest BCUT2D eigenvalue weighted by atomic mass is 16.2. The second-order valence-electron chi connectivity index (χ2n) is 9.74. The normalized spacial score (nSPS) is 32.4. The van der Waals surface area contributed by atoms with E-state index in [0.29, 0.717) is 11.8 Å². The number of rotatable bonds is 6. The largest absolute Gasteiger partial charge is 0.341 e. The van der Waals surface area contributed by atoms with Gasteiger partial charge in [0.2, 0.25) is 11.8 Å². The first-order valence-corrected chi connectivity index (χ1v) is 11.3. The molecule has 0 N–H and O–H groups in total. The van der Waals surface area contributed by atoms with Crippen molar-refractivity contribution in [2.75, 3.05) is 39.3 Å². The van der Waals surface area contributed by atoms with E-state index < -0.39 is 0 Å². The molecule has 2 aliphatic carbocycles. The van der Waals surface area contributed by atoms with Gasteiger partial charge < -0.3 is 9.80 Å². The lowest BCUT2D eigenvalue weighted by atomic mass is 9.78. The van der Waals surface area contributed by atoms with Gasteiger partial charge >= 0.3 is 0 Å². The lowest BCUT2D eigenvalue weighted by Gasteiger charge is -2.50. The summed E-state index contributed by atoms with van der Waals surface area (Å²) in [4.78, 5) is 32.7. The maximum atomic E-state index is 13.2. The average molecular weight is 376 g/mol. The third-order valence-electron chi connectivity index (χ3n) is 8.21. The zero-order valence-electron chi connectivity index (χ0n) is 17.5. The van der Waals surface area contributed by atoms with E-state index in [1.807, 2.05) is 0 Å². The minimum atomic E-state index is -0.00842. The van der Waals surface area contributed by atoms with E-state index in [0.717, 1.165) is 77.3 Å². The fraction of sp³-hybridized carbons (Fsp3) is 0.909. The Morgan fingerprint density at radius 3 is 2.15 bits per heavy atom. The van der Waals surface area contributed by atoms with E-state index in [1.54, 1.807) is 0 Å². The van der Waals surface area contributed by atoms with Crippen LogP contribution in [-0.4, -0.2) is 71.8 Å². The predicted molar refractivity (Wildman–Crippen MR) is 106 cm³/mol. The summed E-state index contributed by atoms with van der Waals surface area (Å²) < 4.78 is 0. The summed E-state index contributed by atoms with van der Waals surface area (Å²) in [5.74, 6) is 1.55. The minimum Gasteiger partial charge on any atom is -0.341 e. The molecule has 0 aromatic heterocycles. The predicted octanol–water partition coefficient (Wildman–Crippen LogP) is 2.75. The Morgan fingerprint density at radius 2 is 1.63 bits per heavy atom. The van der Waals surface area contributed by atoms with Crippen LogP contribution in [0.15, 0.2) is 0 Å². The van der Waals surface area contributed by atoms with E-state index in [9.17, 15) is 9.59 Å². The first-order chi connectivity index (χ1) is 13.0. The van der Waals surface area contributed by atoms with Crippen molar-refractivity contribution < 1.29 is 9.59 Å². The van der Waals surface area contributed by atoms with Crippen molar-refractivity contribution in [3.05, 3.63) is 0 Å². The molecule has 5 nitrogen and oxygen atoms in total. The first-order valence-electron chi connectivity index (χ1n) is 11.3. The van der Waals surface area contributed by atoms with Crippen molar-refractivity contribution in [1.82, 2.24) is 14.7 Å². The summed E-state index contributed by atoms with van der Waals surface area (Å²) in [5, 5.41) is 0. The lowest BCUT2D eigenvalue weighted by molar-refractivity contribution is -0.150. The van der Waals surface area contributed by atoms with Gasteiger partial charge in [0.05, 0.1) is 6.04 Å². The van der Waals surface area contributed by atoms with E-state index >= 15 is 0 Å². The molecule has 4 aliphatic rings. The van der Waals surface area contributed by atoms with E-state index in [4.69, 9.17) is 0 Å². The van der Waals surface area contributed by atoms with Gasteiger partial charge in [-0.05, 0) is 64.0 Å². The minimum absolute atomic E-state index is 0.00842. The molecule has 2 aliphatic heterocycles. The van der Waals surface area contributed by atoms with Gasteiger partial charge in [-0.1, -0.05) is 20.8 Å². The molecular formula is C22H37N3O2. The number of nitrogens with zero attached hydrogens (tertiary/aromatic N) is 3. The van der Waals surface area contributed by atoms with E-state index in [-0.39, 0.29) is 16.9 Å². The Kier molecular flexibility index (Phi) is 5.02. The number of likely N-dealkylation sites (tertiary alicyclic amines) is 2. The molecule has 1 atom stereocenters. The third-order valence-corrected chi connectivity index (χ3v) is 8.21. The molecule has 5 heteroatoms. The molecule has 2 heterocycles. The topological polar surface area (TPSA) is 43.9 Å². The molecule has 4 fully saturated rings. The average Bonchev–Trinajstić information content (AvgIpc) is 3.38. The Morgan fingerprint density at radius 1 is 1.00 bits per heavy atom. The highest BCUT2D eigenvalue weighted by Crippen LogP contribution is 2.55. The van der Waals surface area contributed by atoms with Gasteiger partial charge in [-0.2, -0.15) is 0 Å². The number of hydrogen-bond donors (Lipinski definition) is 0. The van der Waals surface area contributed by atoms with E-state index in [1.165, 1.54) is 12.8 Å². The summed E-state index contributed by atoms with van der Waals surface area (Å²) in [6.07, 6.45) is 7.84. The Labute approximate surface area is 164 Å². The smallest absolute Gasteiger partial charge is 0.239 e. The van der Waals surface area contributed by atoms with Gasteiger partial charge in [0, 0.05) is 37.0 Å². The monoisotopic (exact) mass is 375 g/mol. The number of hydrogen-bond acceptors (Lipinski definition) is 3. The molecule has 0 aromatic carbocycles. The molecular weight excluding hydrogens is 338 g/mol. The lowest BCUT2D eigenvalue weighted by Crippen LogP contribution is -2.63. The van der Waals surface area contributed by atoms with Gasteiger partial charge in [0.25, 0.3) is 0 Å². The summed E-state index contributed by atoms with van der Waals surface area (Å²) in [6, 6.07) is 0.0179. The zero-order valence-corrected chi connectivity index (χ0v) is 17.5. The van der Waals surface area contributed by atoms with Crippen molar-refractivity contribution >= 4 is 11.8 Å². The second-order valence-corrected chi connectivity index (χ2v) is 9.74. The van der Waals surface area contributed by atoms with Gasteiger partial charge in [-0.25, -0.2) is 0 Å². The van der Waals surface area contributed by atoms with Crippen LogP contribution in [0.2, 0.25) is 0 Å². The summed E-state index contributed by atoms with van der Waals surface area (Å²) in [5.41, 5.74) is 0.172. The van der Waals surface area contributed by atoms with E-state index in [2.05, 4.69) is 35.5 Å².